The van der Waals surface area contributed by atoms with Gasteiger partial charge in [-0.05, 0) is 36.0 Å². The zero-order chi connectivity index (χ0) is 13.4. The van der Waals surface area contributed by atoms with Gasteiger partial charge in [0.25, 0.3) is 0 Å². The van der Waals surface area contributed by atoms with Crippen LogP contribution in [0.3, 0.4) is 0 Å². The minimum Gasteiger partial charge on any atom is -0.512 e. The lowest BCUT2D eigenvalue weighted by molar-refractivity contribution is 0.387. The van der Waals surface area contributed by atoms with Gasteiger partial charge in [0.1, 0.15) is 0 Å². The monoisotopic (exact) mass is 246 g/mol. The molecule has 1 heteroatoms. The molecule has 100 valence electrons. The summed E-state index contributed by atoms with van der Waals surface area (Å²) < 4.78 is 0. The summed E-state index contributed by atoms with van der Waals surface area (Å²) >= 11 is 0. The van der Waals surface area contributed by atoms with Crippen LogP contribution in [-0.2, 0) is 6.42 Å². The van der Waals surface area contributed by atoms with Gasteiger partial charge in [-0.3, -0.25) is 0 Å². The molecule has 0 fully saturated rings. The minimum absolute atomic E-state index is 0.586. The van der Waals surface area contributed by atoms with Crippen molar-refractivity contribution in [1.29, 1.82) is 0 Å². The van der Waals surface area contributed by atoms with Gasteiger partial charge in [-0.25, -0.2) is 0 Å². The van der Waals surface area contributed by atoms with Gasteiger partial charge in [0, 0.05) is 6.42 Å². The van der Waals surface area contributed by atoms with Crippen molar-refractivity contribution >= 4 is 5.57 Å². The molecule has 0 heterocycles. The van der Waals surface area contributed by atoms with Crippen LogP contribution < -0.4 is 0 Å². The van der Waals surface area contributed by atoms with Crippen LogP contribution in [0.25, 0.3) is 5.57 Å². The lowest BCUT2D eigenvalue weighted by Crippen LogP contribution is -1.97. The normalized spacial score (nSPS) is 12.4. The first kappa shape index (κ1) is 14.8. The van der Waals surface area contributed by atoms with E-state index in [1.807, 2.05) is 0 Å². The first-order valence-corrected chi connectivity index (χ1v) is 7.23. The summed E-state index contributed by atoms with van der Waals surface area (Å²) in [5.74, 6) is 0.586. The molecule has 0 aliphatic rings. The number of benzene rings is 1. The van der Waals surface area contributed by atoms with Crippen molar-refractivity contribution in [2.45, 2.75) is 59.3 Å². The summed E-state index contributed by atoms with van der Waals surface area (Å²) in [6.45, 7) is 6.48. The number of hydrogen-bond donors (Lipinski definition) is 1. The summed E-state index contributed by atoms with van der Waals surface area (Å²) in [4.78, 5) is 0. The minimum atomic E-state index is 0.586. The van der Waals surface area contributed by atoms with E-state index < -0.39 is 0 Å². The van der Waals surface area contributed by atoms with Gasteiger partial charge in [0.15, 0.2) is 0 Å². The summed E-state index contributed by atoms with van der Waals surface area (Å²) in [5.41, 5.74) is 3.78. The van der Waals surface area contributed by atoms with Crippen LogP contribution in [0.1, 0.15) is 64.0 Å². The molecule has 0 saturated heterocycles. The van der Waals surface area contributed by atoms with Crippen molar-refractivity contribution in [3.63, 3.8) is 0 Å². The molecule has 18 heavy (non-hydrogen) atoms. The second-order valence-electron chi connectivity index (χ2n) is 4.83. The molecule has 1 aromatic rings. The molecule has 0 aliphatic heterocycles. The number of allylic oxidation sites excluding steroid dienone is 2. The van der Waals surface area contributed by atoms with Crippen LogP contribution in [-0.4, -0.2) is 5.11 Å². The molecule has 0 aliphatic carbocycles. The Balaban J connectivity index is 3.16. The number of hydrogen-bond acceptors (Lipinski definition) is 1. The topological polar surface area (TPSA) is 20.2 Å². The van der Waals surface area contributed by atoms with Gasteiger partial charge in [-0.2, -0.15) is 0 Å². The Hall–Kier alpha value is -1.24. The van der Waals surface area contributed by atoms with Gasteiger partial charge < -0.3 is 5.11 Å². The van der Waals surface area contributed by atoms with Crippen molar-refractivity contribution in [2.75, 3.05) is 0 Å². The predicted octanol–water partition coefficient (Wildman–Crippen LogP) is 5.51. The second-order valence-corrected chi connectivity index (χ2v) is 4.83. The highest BCUT2D eigenvalue weighted by Crippen LogP contribution is 2.28. The highest BCUT2D eigenvalue weighted by molar-refractivity contribution is 5.69. The van der Waals surface area contributed by atoms with Crippen LogP contribution in [0, 0.1) is 0 Å². The first-order chi connectivity index (χ1) is 8.74. The van der Waals surface area contributed by atoms with E-state index in [0.717, 1.165) is 44.1 Å². The average molecular weight is 246 g/mol. The number of aliphatic hydroxyl groups excluding tert-OH is 1. The third-order valence-electron chi connectivity index (χ3n) is 3.20. The van der Waals surface area contributed by atoms with E-state index in [-0.39, 0.29) is 0 Å². The molecular formula is C17H26O. The highest BCUT2D eigenvalue weighted by Gasteiger charge is 2.11. The summed E-state index contributed by atoms with van der Waals surface area (Å²) in [7, 11) is 0. The molecule has 1 aromatic carbocycles. The van der Waals surface area contributed by atoms with E-state index >= 15 is 0 Å². The fourth-order valence-electron chi connectivity index (χ4n) is 2.37. The third-order valence-corrected chi connectivity index (χ3v) is 3.20. The first-order valence-electron chi connectivity index (χ1n) is 7.23. The Morgan fingerprint density at radius 1 is 0.944 bits per heavy atom. The van der Waals surface area contributed by atoms with E-state index in [1.165, 1.54) is 11.1 Å². The summed E-state index contributed by atoms with van der Waals surface area (Å²) in [5, 5.41) is 10.3. The zero-order valence-electron chi connectivity index (χ0n) is 12.0. The lowest BCUT2D eigenvalue weighted by Gasteiger charge is -2.14. The lowest BCUT2D eigenvalue weighted by atomic mass is 9.92. The van der Waals surface area contributed by atoms with Crippen LogP contribution in [0.4, 0.5) is 0 Å². The molecule has 0 amide bonds. The number of aliphatic hydroxyl groups is 1. The number of rotatable bonds is 7. The summed E-state index contributed by atoms with van der Waals surface area (Å²) in [6.07, 6.45) is 6.05. The van der Waals surface area contributed by atoms with E-state index in [1.54, 1.807) is 0 Å². The highest BCUT2D eigenvalue weighted by atomic mass is 16.3. The molecular weight excluding hydrogens is 220 g/mol. The standard InChI is InChI=1S/C17H26O/c1-4-9-14-12-7-8-13-15(14)16(10-5-2)17(18)11-6-3/h7-8,12-13,18H,4-6,9-11H2,1-3H3. The van der Waals surface area contributed by atoms with Crippen molar-refractivity contribution in [3.8, 4) is 0 Å². The van der Waals surface area contributed by atoms with Crippen LogP contribution in [0.2, 0.25) is 0 Å². The molecule has 0 spiro atoms. The molecule has 0 atom stereocenters. The fourth-order valence-corrected chi connectivity index (χ4v) is 2.37. The van der Waals surface area contributed by atoms with E-state index in [0.29, 0.717) is 5.76 Å². The van der Waals surface area contributed by atoms with Gasteiger partial charge in [-0.1, -0.05) is 57.9 Å². The van der Waals surface area contributed by atoms with Gasteiger partial charge in [0.05, 0.1) is 5.76 Å². The number of aryl methyl sites for hydroxylation is 1. The molecule has 0 saturated carbocycles. The Kier molecular flexibility index (Phi) is 6.56. The quantitative estimate of drug-likeness (QED) is 0.629. The predicted molar refractivity (Wildman–Crippen MR) is 79.8 cm³/mol. The van der Waals surface area contributed by atoms with Crippen molar-refractivity contribution in [2.24, 2.45) is 0 Å². The second kappa shape index (κ2) is 7.97. The van der Waals surface area contributed by atoms with Crippen LogP contribution in [0.5, 0.6) is 0 Å². The Bertz CT molecular complexity index is 390. The molecule has 0 unspecified atom stereocenters. The van der Waals surface area contributed by atoms with Gasteiger partial charge >= 0.3 is 0 Å². The molecule has 0 bridgehead atoms. The van der Waals surface area contributed by atoms with Crippen LogP contribution in [0.15, 0.2) is 30.0 Å². The van der Waals surface area contributed by atoms with Crippen molar-refractivity contribution in [1.82, 2.24) is 0 Å². The third kappa shape index (κ3) is 3.90. The van der Waals surface area contributed by atoms with Crippen molar-refractivity contribution in [3.05, 3.63) is 41.2 Å². The zero-order valence-corrected chi connectivity index (χ0v) is 12.0. The van der Waals surface area contributed by atoms with E-state index in [9.17, 15) is 5.11 Å². The van der Waals surface area contributed by atoms with Gasteiger partial charge in [0.2, 0.25) is 0 Å². The van der Waals surface area contributed by atoms with E-state index in [4.69, 9.17) is 0 Å². The molecule has 1 rings (SSSR count). The Labute approximate surface area is 112 Å². The molecule has 0 aromatic heterocycles. The van der Waals surface area contributed by atoms with E-state index in [2.05, 4.69) is 45.0 Å². The largest absolute Gasteiger partial charge is 0.512 e. The maximum absolute atomic E-state index is 10.3. The maximum atomic E-state index is 10.3. The Morgan fingerprint density at radius 2 is 1.61 bits per heavy atom. The summed E-state index contributed by atoms with van der Waals surface area (Å²) in [6, 6.07) is 8.51. The van der Waals surface area contributed by atoms with Crippen molar-refractivity contribution < 1.29 is 5.11 Å². The molecule has 0 radical (unpaired) electrons. The smallest absolute Gasteiger partial charge is 0.0960 e. The molecule has 1 nitrogen and oxygen atoms in total. The molecule has 1 N–H and O–H groups in total. The van der Waals surface area contributed by atoms with Crippen LogP contribution >= 0.6 is 0 Å². The fraction of sp³-hybridized carbons (Fsp3) is 0.529. The Morgan fingerprint density at radius 3 is 2.22 bits per heavy atom. The maximum Gasteiger partial charge on any atom is 0.0960 e. The van der Waals surface area contributed by atoms with Gasteiger partial charge in [-0.15, -0.1) is 0 Å². The average Bonchev–Trinajstić information content (AvgIpc) is 2.37. The SMILES string of the molecule is CCCC(O)=C(CCC)c1ccccc1CCC.